The Kier molecular flexibility index (Phi) is 6.38. The van der Waals surface area contributed by atoms with Crippen LogP contribution in [0.2, 0.25) is 0 Å². The highest BCUT2D eigenvalue weighted by Crippen LogP contribution is 2.33. The quantitative estimate of drug-likeness (QED) is 0.792. The Morgan fingerprint density at radius 1 is 1.25 bits per heavy atom. The lowest BCUT2D eigenvalue weighted by atomic mass is 9.87. The summed E-state index contributed by atoms with van der Waals surface area (Å²) in [4.78, 5) is 16.4. The van der Waals surface area contributed by atoms with Crippen molar-refractivity contribution in [3.63, 3.8) is 0 Å². The first-order valence-electron chi connectivity index (χ1n) is 8.64. The predicted molar refractivity (Wildman–Crippen MR) is 94.7 cm³/mol. The van der Waals surface area contributed by atoms with Crippen molar-refractivity contribution < 1.29 is 15.0 Å². The molecule has 5 nitrogen and oxygen atoms in total. The molecule has 24 heavy (non-hydrogen) atoms. The minimum absolute atomic E-state index is 0.0671. The van der Waals surface area contributed by atoms with Crippen LogP contribution in [-0.4, -0.2) is 66.3 Å². The second-order valence-corrected chi connectivity index (χ2v) is 7.41. The zero-order chi connectivity index (χ0) is 17.7. The number of nitrogens with zero attached hydrogens (tertiary/aromatic N) is 2. The van der Waals surface area contributed by atoms with Crippen molar-refractivity contribution in [1.29, 1.82) is 0 Å². The van der Waals surface area contributed by atoms with Crippen molar-refractivity contribution in [2.45, 2.75) is 32.2 Å². The molecule has 5 heteroatoms. The first kappa shape index (κ1) is 18.9. The number of aliphatic hydroxyl groups excluding tert-OH is 2. The minimum atomic E-state index is -0.592. The molecule has 1 unspecified atom stereocenters. The van der Waals surface area contributed by atoms with Crippen LogP contribution in [0, 0.1) is 5.41 Å². The van der Waals surface area contributed by atoms with E-state index in [1.807, 2.05) is 36.9 Å². The summed E-state index contributed by atoms with van der Waals surface area (Å²) >= 11 is 0. The molecule has 2 rings (SSSR count). The van der Waals surface area contributed by atoms with Gasteiger partial charge in [-0.3, -0.25) is 9.69 Å². The molecule has 1 atom stereocenters. The highest BCUT2D eigenvalue weighted by molar-refractivity contribution is 5.78. The SMILES string of the molecule is CN(CC(=O)N(C)C1CCCc2ccccc21)CC(C)(CO)CO. The number of hydrogen-bond acceptors (Lipinski definition) is 4. The fourth-order valence-electron chi connectivity index (χ4n) is 3.50. The molecule has 1 aromatic carbocycles. The van der Waals surface area contributed by atoms with Gasteiger partial charge in [0.2, 0.25) is 5.91 Å². The van der Waals surface area contributed by atoms with Gasteiger partial charge in [-0.15, -0.1) is 0 Å². The number of benzene rings is 1. The lowest BCUT2D eigenvalue weighted by molar-refractivity contribution is -0.133. The molecule has 1 aliphatic rings. The zero-order valence-corrected chi connectivity index (χ0v) is 15.0. The van der Waals surface area contributed by atoms with E-state index in [4.69, 9.17) is 0 Å². The summed E-state index contributed by atoms with van der Waals surface area (Å²) in [5.41, 5.74) is 2.01. The van der Waals surface area contributed by atoms with E-state index in [1.165, 1.54) is 11.1 Å². The molecule has 0 aromatic heterocycles. The van der Waals surface area contributed by atoms with Crippen molar-refractivity contribution in [2.75, 3.05) is 40.4 Å². The minimum Gasteiger partial charge on any atom is -0.396 e. The molecule has 0 fully saturated rings. The number of amides is 1. The molecular weight excluding hydrogens is 304 g/mol. The Balaban J connectivity index is 2.00. The number of aryl methyl sites for hydroxylation is 1. The third-order valence-corrected chi connectivity index (χ3v) is 5.02. The summed E-state index contributed by atoms with van der Waals surface area (Å²) in [5.74, 6) is 0.0671. The van der Waals surface area contributed by atoms with E-state index in [0.29, 0.717) is 6.54 Å². The van der Waals surface area contributed by atoms with Crippen molar-refractivity contribution in [3.8, 4) is 0 Å². The van der Waals surface area contributed by atoms with Crippen LogP contribution >= 0.6 is 0 Å². The Hall–Kier alpha value is -1.43. The first-order valence-corrected chi connectivity index (χ1v) is 8.64. The molecule has 134 valence electrons. The van der Waals surface area contributed by atoms with E-state index in [-0.39, 0.29) is 31.7 Å². The Labute approximate surface area is 144 Å². The maximum absolute atomic E-state index is 12.7. The van der Waals surface area contributed by atoms with Gasteiger partial charge in [-0.05, 0) is 37.4 Å². The number of aliphatic hydroxyl groups is 2. The largest absolute Gasteiger partial charge is 0.396 e. The fourth-order valence-corrected chi connectivity index (χ4v) is 3.50. The number of carbonyl (C=O) groups is 1. The maximum atomic E-state index is 12.7. The van der Waals surface area contributed by atoms with Crippen molar-refractivity contribution in [3.05, 3.63) is 35.4 Å². The van der Waals surface area contributed by atoms with Crippen LogP contribution in [0.15, 0.2) is 24.3 Å². The van der Waals surface area contributed by atoms with Gasteiger partial charge in [0.15, 0.2) is 0 Å². The molecule has 2 N–H and O–H groups in total. The molecule has 0 bridgehead atoms. The lowest BCUT2D eigenvalue weighted by Gasteiger charge is -2.35. The van der Waals surface area contributed by atoms with Crippen molar-refractivity contribution in [1.82, 2.24) is 9.80 Å². The van der Waals surface area contributed by atoms with Crippen LogP contribution in [-0.2, 0) is 11.2 Å². The fraction of sp³-hybridized carbons (Fsp3) is 0.632. The highest BCUT2D eigenvalue weighted by atomic mass is 16.3. The van der Waals surface area contributed by atoms with Gasteiger partial charge in [0, 0.05) is 19.0 Å². The Morgan fingerprint density at radius 2 is 1.92 bits per heavy atom. The molecule has 1 amide bonds. The predicted octanol–water partition coefficient (Wildman–Crippen LogP) is 1.45. The van der Waals surface area contributed by atoms with Crippen LogP contribution in [0.3, 0.4) is 0 Å². The first-order chi connectivity index (χ1) is 11.4. The van der Waals surface area contributed by atoms with Gasteiger partial charge >= 0.3 is 0 Å². The zero-order valence-electron chi connectivity index (χ0n) is 15.0. The van der Waals surface area contributed by atoms with Crippen molar-refractivity contribution in [2.24, 2.45) is 5.41 Å². The third-order valence-electron chi connectivity index (χ3n) is 5.02. The van der Waals surface area contributed by atoms with Crippen LogP contribution in [0.25, 0.3) is 0 Å². The van der Waals surface area contributed by atoms with E-state index in [1.54, 1.807) is 0 Å². The topological polar surface area (TPSA) is 64.0 Å². The second kappa shape index (κ2) is 8.10. The van der Waals surface area contributed by atoms with Gasteiger partial charge in [0.1, 0.15) is 0 Å². The number of hydrogen-bond donors (Lipinski definition) is 2. The normalized spacial score (nSPS) is 17.7. The van der Waals surface area contributed by atoms with E-state index < -0.39 is 5.41 Å². The molecule has 0 spiro atoms. The van der Waals surface area contributed by atoms with Gasteiger partial charge in [-0.1, -0.05) is 31.2 Å². The van der Waals surface area contributed by atoms with Crippen LogP contribution in [0.4, 0.5) is 0 Å². The van der Waals surface area contributed by atoms with Crippen LogP contribution < -0.4 is 0 Å². The standard InChI is InChI=1S/C19H30N2O3/c1-19(13-22,14-23)12-20(2)11-18(24)21(3)17-10-6-8-15-7-4-5-9-16(15)17/h4-5,7,9,17,22-23H,6,8,10-14H2,1-3H3. The summed E-state index contributed by atoms with van der Waals surface area (Å²) in [7, 11) is 3.73. The third kappa shape index (κ3) is 4.35. The van der Waals surface area contributed by atoms with E-state index in [0.717, 1.165) is 19.3 Å². The molecule has 1 aliphatic carbocycles. The smallest absolute Gasteiger partial charge is 0.236 e. The summed E-state index contributed by atoms with van der Waals surface area (Å²) in [6, 6.07) is 8.51. The molecule has 0 heterocycles. The summed E-state index contributed by atoms with van der Waals surface area (Å²) in [5, 5.41) is 18.8. The average Bonchev–Trinajstić information content (AvgIpc) is 2.60. The number of fused-ring (bicyclic) bond motifs is 1. The molecule has 0 saturated heterocycles. The van der Waals surface area contributed by atoms with Gasteiger partial charge in [-0.2, -0.15) is 0 Å². The number of rotatable bonds is 7. The Bertz CT molecular complexity index is 557. The number of carbonyl (C=O) groups excluding carboxylic acids is 1. The Morgan fingerprint density at radius 3 is 2.58 bits per heavy atom. The van der Waals surface area contributed by atoms with E-state index in [2.05, 4.69) is 18.2 Å². The van der Waals surface area contributed by atoms with Gasteiger partial charge in [0.05, 0.1) is 25.8 Å². The monoisotopic (exact) mass is 334 g/mol. The van der Waals surface area contributed by atoms with Crippen molar-refractivity contribution >= 4 is 5.91 Å². The lowest BCUT2D eigenvalue weighted by Crippen LogP contribution is -2.44. The van der Waals surface area contributed by atoms with Crippen LogP contribution in [0.1, 0.15) is 36.9 Å². The molecule has 0 radical (unpaired) electrons. The maximum Gasteiger partial charge on any atom is 0.236 e. The summed E-state index contributed by atoms with van der Waals surface area (Å²) in [6.07, 6.45) is 3.18. The molecule has 0 saturated carbocycles. The highest BCUT2D eigenvalue weighted by Gasteiger charge is 2.29. The van der Waals surface area contributed by atoms with Gasteiger partial charge in [0.25, 0.3) is 0 Å². The molecule has 1 aromatic rings. The molecular formula is C19H30N2O3. The van der Waals surface area contributed by atoms with Gasteiger partial charge < -0.3 is 15.1 Å². The van der Waals surface area contributed by atoms with E-state index >= 15 is 0 Å². The second-order valence-electron chi connectivity index (χ2n) is 7.41. The van der Waals surface area contributed by atoms with Crippen LogP contribution in [0.5, 0.6) is 0 Å². The van der Waals surface area contributed by atoms with E-state index in [9.17, 15) is 15.0 Å². The molecule has 0 aliphatic heterocycles. The summed E-state index contributed by atoms with van der Waals surface area (Å²) < 4.78 is 0. The van der Waals surface area contributed by atoms with Gasteiger partial charge in [-0.25, -0.2) is 0 Å². The number of likely N-dealkylation sites (N-methyl/N-ethyl adjacent to an activating group) is 2. The average molecular weight is 334 g/mol. The summed E-state index contributed by atoms with van der Waals surface area (Å²) in [6.45, 7) is 2.36.